The summed E-state index contributed by atoms with van der Waals surface area (Å²) >= 11 is 6.13. The third kappa shape index (κ3) is 4.91. The van der Waals surface area contributed by atoms with Gasteiger partial charge in [-0.1, -0.05) is 48.0 Å². The van der Waals surface area contributed by atoms with Gasteiger partial charge in [-0.2, -0.15) is 0 Å². The fourth-order valence-corrected chi connectivity index (χ4v) is 4.30. The summed E-state index contributed by atoms with van der Waals surface area (Å²) in [6, 6.07) is 20.9. The van der Waals surface area contributed by atoms with E-state index in [-0.39, 0.29) is 12.0 Å². The van der Waals surface area contributed by atoms with Crippen LogP contribution in [0.1, 0.15) is 48.3 Å². The smallest absolute Gasteiger partial charge is 0.161 e. The van der Waals surface area contributed by atoms with E-state index in [1.807, 2.05) is 24.3 Å². The van der Waals surface area contributed by atoms with E-state index in [4.69, 9.17) is 21.1 Å². The second-order valence-corrected chi connectivity index (χ2v) is 7.98. The molecule has 4 heteroatoms. The lowest BCUT2D eigenvalue weighted by molar-refractivity contribution is 0.200. The van der Waals surface area contributed by atoms with Gasteiger partial charge in [-0.05, 0) is 73.1 Å². The molecule has 0 bridgehead atoms. The molecule has 150 valence electrons. The van der Waals surface area contributed by atoms with Gasteiger partial charge in [-0.25, -0.2) is 4.98 Å². The number of aromatic nitrogens is 1. The molecule has 1 aromatic heterocycles. The fourth-order valence-electron chi connectivity index (χ4n) is 4.11. The van der Waals surface area contributed by atoms with Crippen LogP contribution in [0.25, 0.3) is 0 Å². The molecule has 3 nitrogen and oxygen atoms in total. The molecule has 4 rings (SSSR count). The predicted molar refractivity (Wildman–Crippen MR) is 117 cm³/mol. The van der Waals surface area contributed by atoms with Crippen molar-refractivity contribution in [3.63, 3.8) is 0 Å². The summed E-state index contributed by atoms with van der Waals surface area (Å²) in [5.41, 5.74) is 3.63. The molecule has 0 amide bonds. The highest BCUT2D eigenvalue weighted by Gasteiger charge is 2.21. The Kier molecular flexibility index (Phi) is 6.36. The number of rotatable bonds is 7. The summed E-state index contributed by atoms with van der Waals surface area (Å²) in [7, 11) is 1.70. The molecular formula is C25H26ClNO2. The first-order valence-electron chi connectivity index (χ1n) is 10.2. The molecule has 0 N–H and O–H groups in total. The molecule has 0 aliphatic heterocycles. The Bertz CT molecular complexity index is 939. The molecule has 0 radical (unpaired) electrons. The van der Waals surface area contributed by atoms with Crippen molar-refractivity contribution in [2.24, 2.45) is 0 Å². The lowest BCUT2D eigenvalue weighted by Crippen LogP contribution is -2.12. The van der Waals surface area contributed by atoms with E-state index in [2.05, 4.69) is 41.4 Å². The zero-order valence-corrected chi connectivity index (χ0v) is 17.4. The Hall–Kier alpha value is -2.52. The van der Waals surface area contributed by atoms with Gasteiger partial charge in [0.1, 0.15) is 5.15 Å². The van der Waals surface area contributed by atoms with Crippen molar-refractivity contribution in [3.8, 4) is 11.5 Å². The quantitative estimate of drug-likeness (QED) is 0.422. The molecule has 1 atom stereocenters. The van der Waals surface area contributed by atoms with Gasteiger partial charge in [0.25, 0.3) is 0 Å². The van der Waals surface area contributed by atoms with Crippen LogP contribution < -0.4 is 9.47 Å². The minimum absolute atomic E-state index is 0.187. The van der Waals surface area contributed by atoms with Crippen LogP contribution in [0.15, 0.2) is 66.9 Å². The van der Waals surface area contributed by atoms with E-state index in [1.54, 1.807) is 13.3 Å². The Morgan fingerprint density at radius 1 is 0.966 bits per heavy atom. The summed E-state index contributed by atoms with van der Waals surface area (Å²) in [6.45, 7) is 0. The number of halogens is 1. The predicted octanol–water partition coefficient (Wildman–Crippen LogP) is 6.44. The van der Waals surface area contributed by atoms with Gasteiger partial charge in [0, 0.05) is 12.1 Å². The van der Waals surface area contributed by atoms with Gasteiger partial charge >= 0.3 is 0 Å². The van der Waals surface area contributed by atoms with Gasteiger partial charge in [0.15, 0.2) is 11.5 Å². The van der Waals surface area contributed by atoms with Crippen LogP contribution in [0.2, 0.25) is 5.15 Å². The first-order valence-corrected chi connectivity index (χ1v) is 10.6. The molecular weight excluding hydrogens is 382 g/mol. The molecule has 1 unspecified atom stereocenters. The van der Waals surface area contributed by atoms with Crippen LogP contribution in [0.4, 0.5) is 0 Å². The van der Waals surface area contributed by atoms with Gasteiger partial charge in [-0.3, -0.25) is 0 Å². The molecule has 1 saturated carbocycles. The molecule has 0 saturated heterocycles. The van der Waals surface area contributed by atoms with Crippen molar-refractivity contribution in [1.82, 2.24) is 4.98 Å². The maximum absolute atomic E-state index is 6.34. The Labute approximate surface area is 177 Å². The summed E-state index contributed by atoms with van der Waals surface area (Å²) in [5, 5.41) is 0.522. The minimum Gasteiger partial charge on any atom is -0.493 e. The average Bonchev–Trinajstić information content (AvgIpc) is 3.26. The summed E-state index contributed by atoms with van der Waals surface area (Å²) in [4.78, 5) is 4.12. The number of hydrogen-bond acceptors (Lipinski definition) is 3. The second-order valence-electron chi connectivity index (χ2n) is 7.59. The number of benzene rings is 2. The highest BCUT2D eigenvalue weighted by Crippen LogP contribution is 2.37. The molecule has 0 spiro atoms. The van der Waals surface area contributed by atoms with Crippen molar-refractivity contribution in [1.29, 1.82) is 0 Å². The minimum atomic E-state index is 0.187. The first-order chi connectivity index (χ1) is 14.2. The van der Waals surface area contributed by atoms with E-state index >= 15 is 0 Å². The summed E-state index contributed by atoms with van der Waals surface area (Å²) < 4.78 is 11.9. The third-order valence-corrected chi connectivity index (χ3v) is 5.83. The Morgan fingerprint density at radius 2 is 1.76 bits per heavy atom. The summed E-state index contributed by atoms with van der Waals surface area (Å²) in [6.07, 6.45) is 7.60. The molecule has 29 heavy (non-hydrogen) atoms. The number of hydrogen-bond donors (Lipinski definition) is 0. The number of nitrogens with zero attached hydrogens (tertiary/aromatic N) is 1. The van der Waals surface area contributed by atoms with Crippen molar-refractivity contribution in [2.75, 3.05) is 7.11 Å². The average molecular weight is 408 g/mol. The van der Waals surface area contributed by atoms with Crippen LogP contribution in [-0.4, -0.2) is 18.2 Å². The lowest BCUT2D eigenvalue weighted by Gasteiger charge is -2.22. The Morgan fingerprint density at radius 3 is 2.48 bits per heavy atom. The van der Waals surface area contributed by atoms with Gasteiger partial charge < -0.3 is 9.47 Å². The molecule has 1 aliphatic rings. The van der Waals surface area contributed by atoms with E-state index in [0.717, 1.165) is 36.3 Å². The maximum Gasteiger partial charge on any atom is 0.161 e. The van der Waals surface area contributed by atoms with Gasteiger partial charge in [-0.15, -0.1) is 0 Å². The van der Waals surface area contributed by atoms with Crippen molar-refractivity contribution < 1.29 is 9.47 Å². The molecule has 1 aliphatic carbocycles. The van der Waals surface area contributed by atoms with E-state index in [1.165, 1.54) is 24.0 Å². The second kappa shape index (κ2) is 9.32. The van der Waals surface area contributed by atoms with Crippen LogP contribution in [0.3, 0.4) is 0 Å². The Balaban J connectivity index is 1.69. The zero-order valence-electron chi connectivity index (χ0n) is 16.7. The molecule has 3 aromatic rings. The normalized spacial score (nSPS) is 15.2. The van der Waals surface area contributed by atoms with Crippen LogP contribution in [-0.2, 0) is 6.42 Å². The third-order valence-electron chi connectivity index (χ3n) is 5.62. The highest BCUT2D eigenvalue weighted by molar-refractivity contribution is 6.29. The van der Waals surface area contributed by atoms with Crippen molar-refractivity contribution in [3.05, 3.63) is 88.7 Å². The number of pyridine rings is 1. The first kappa shape index (κ1) is 19.8. The van der Waals surface area contributed by atoms with Crippen molar-refractivity contribution >= 4 is 11.6 Å². The zero-order chi connectivity index (χ0) is 20.1. The van der Waals surface area contributed by atoms with Crippen LogP contribution in [0.5, 0.6) is 11.5 Å². The standard InChI is InChI=1S/C25H26ClNO2/c1-28-23-12-11-20(17-24(23)29-21-9-5-6-10-21)22(19-7-3-2-4-8-19)15-18-13-14-27-25(26)16-18/h2-4,7-8,11-14,16-17,21-22H,5-6,9-10,15H2,1H3. The molecule has 1 heterocycles. The van der Waals surface area contributed by atoms with E-state index < -0.39 is 0 Å². The number of methoxy groups -OCH3 is 1. The van der Waals surface area contributed by atoms with Gasteiger partial charge in [0.05, 0.1) is 13.2 Å². The monoisotopic (exact) mass is 407 g/mol. The fraction of sp³-hybridized carbons (Fsp3) is 0.320. The van der Waals surface area contributed by atoms with Crippen LogP contribution >= 0.6 is 11.6 Å². The highest BCUT2D eigenvalue weighted by atomic mass is 35.5. The van der Waals surface area contributed by atoms with Crippen molar-refractivity contribution in [2.45, 2.75) is 44.1 Å². The van der Waals surface area contributed by atoms with Crippen LogP contribution in [0, 0.1) is 0 Å². The molecule has 2 aromatic carbocycles. The largest absolute Gasteiger partial charge is 0.493 e. The van der Waals surface area contributed by atoms with Gasteiger partial charge in [0.2, 0.25) is 0 Å². The van der Waals surface area contributed by atoms with E-state index in [9.17, 15) is 0 Å². The maximum atomic E-state index is 6.34. The SMILES string of the molecule is COc1ccc(C(Cc2ccnc(Cl)c2)c2ccccc2)cc1OC1CCCC1. The topological polar surface area (TPSA) is 31.4 Å². The summed E-state index contributed by atoms with van der Waals surface area (Å²) in [5.74, 6) is 1.82. The van der Waals surface area contributed by atoms with E-state index in [0.29, 0.717) is 5.15 Å². The number of ether oxygens (including phenoxy) is 2. The molecule has 1 fully saturated rings. The lowest BCUT2D eigenvalue weighted by atomic mass is 9.86.